The van der Waals surface area contributed by atoms with E-state index in [1.165, 1.54) is 18.4 Å². The number of carbonyl (C=O) groups is 2. The van der Waals surface area contributed by atoms with Crippen LogP contribution in [0.25, 0.3) is 0 Å². The molecule has 1 heterocycles. The Morgan fingerprint density at radius 1 is 1.43 bits per heavy atom. The third kappa shape index (κ3) is 3.83. The predicted molar refractivity (Wildman–Crippen MR) is 81.0 cm³/mol. The second-order valence-corrected chi connectivity index (χ2v) is 6.74. The number of nitrogens with one attached hydrogen (secondary N) is 1. The third-order valence-electron chi connectivity index (χ3n) is 3.73. The van der Waals surface area contributed by atoms with Gasteiger partial charge in [0.1, 0.15) is 0 Å². The topological polar surface area (TPSA) is 75.6 Å². The molecule has 1 aliphatic carbocycles. The molecule has 0 spiro atoms. The van der Waals surface area contributed by atoms with Crippen LogP contribution < -0.4 is 5.32 Å². The molecule has 1 amide bonds. The Morgan fingerprint density at radius 3 is 2.81 bits per heavy atom. The normalized spacial score (nSPS) is 16.9. The van der Waals surface area contributed by atoms with Crippen LogP contribution in [-0.2, 0) is 22.4 Å². The van der Waals surface area contributed by atoms with E-state index in [9.17, 15) is 9.59 Å². The number of carbonyl (C=O) groups excluding carboxylic acids is 1. The number of rotatable bonds is 6. The lowest BCUT2D eigenvalue weighted by atomic mass is 9.94. The zero-order chi connectivity index (χ0) is 15.5. The van der Waals surface area contributed by atoms with Crippen molar-refractivity contribution in [1.82, 2.24) is 5.32 Å². The van der Waals surface area contributed by atoms with Gasteiger partial charge in [-0.05, 0) is 38.2 Å². The second kappa shape index (κ2) is 6.58. The molecule has 0 aliphatic heterocycles. The van der Waals surface area contributed by atoms with E-state index in [1.54, 1.807) is 18.3 Å². The van der Waals surface area contributed by atoms with Gasteiger partial charge in [0.15, 0.2) is 0 Å². The summed E-state index contributed by atoms with van der Waals surface area (Å²) in [7, 11) is 1.50. The zero-order valence-electron chi connectivity index (χ0n) is 12.4. The Morgan fingerprint density at radius 2 is 2.14 bits per heavy atom. The Hall–Kier alpha value is -1.40. The fraction of sp³-hybridized carbons (Fsp3) is 0.600. The molecule has 0 saturated heterocycles. The summed E-state index contributed by atoms with van der Waals surface area (Å²) in [5.74, 6) is -1.16. The van der Waals surface area contributed by atoms with Crippen LogP contribution in [0, 0.1) is 0 Å². The van der Waals surface area contributed by atoms with Gasteiger partial charge in [-0.25, -0.2) is 0 Å². The minimum Gasteiger partial charge on any atom is -0.481 e. The number of hydrogen-bond donors (Lipinski definition) is 2. The summed E-state index contributed by atoms with van der Waals surface area (Å²) in [5.41, 5.74) is 0.933. The van der Waals surface area contributed by atoms with Gasteiger partial charge in [0, 0.05) is 17.4 Å². The van der Waals surface area contributed by atoms with Gasteiger partial charge in [-0.3, -0.25) is 9.59 Å². The van der Waals surface area contributed by atoms with E-state index >= 15 is 0 Å². The van der Waals surface area contributed by atoms with Gasteiger partial charge in [-0.2, -0.15) is 0 Å². The molecule has 1 atom stereocenters. The second-order valence-electron chi connectivity index (χ2n) is 5.78. The van der Waals surface area contributed by atoms with E-state index in [4.69, 9.17) is 9.84 Å². The van der Waals surface area contributed by atoms with Gasteiger partial charge in [0.05, 0.1) is 24.1 Å². The highest BCUT2D eigenvalue weighted by molar-refractivity contribution is 7.10. The first-order valence-electron chi connectivity index (χ1n) is 7.08. The molecule has 2 N–H and O–H groups in total. The fourth-order valence-electron chi connectivity index (χ4n) is 2.81. The Balaban J connectivity index is 2.15. The van der Waals surface area contributed by atoms with Gasteiger partial charge in [-0.1, -0.05) is 0 Å². The number of carboxylic acid groups (broad SMARTS) is 1. The molecule has 1 aromatic rings. The largest absolute Gasteiger partial charge is 0.481 e. The van der Waals surface area contributed by atoms with Crippen LogP contribution in [0.15, 0.2) is 5.38 Å². The minimum absolute atomic E-state index is 0.164. The molecule has 6 heteroatoms. The van der Waals surface area contributed by atoms with E-state index in [0.29, 0.717) is 5.56 Å². The Bertz CT molecular complexity index is 540. The average molecular weight is 311 g/mol. The number of methoxy groups -OCH3 is 1. The lowest BCUT2D eigenvalue weighted by molar-refractivity contribution is -0.139. The maximum absolute atomic E-state index is 12.5. The SMILES string of the molecule is COCC(C)(CC(=O)O)NC(=O)c1csc2c1CCCC2. The number of aliphatic carboxylic acids is 1. The van der Waals surface area contributed by atoms with E-state index in [2.05, 4.69) is 5.32 Å². The molecule has 21 heavy (non-hydrogen) atoms. The number of fused-ring (bicyclic) bond motifs is 1. The maximum atomic E-state index is 12.5. The molecule has 0 aromatic carbocycles. The van der Waals surface area contributed by atoms with Crippen molar-refractivity contribution < 1.29 is 19.4 Å². The molecule has 2 rings (SSSR count). The number of aryl methyl sites for hydroxylation is 1. The van der Waals surface area contributed by atoms with Crippen LogP contribution in [0.1, 0.15) is 47.0 Å². The Labute approximate surface area is 128 Å². The van der Waals surface area contributed by atoms with Gasteiger partial charge in [0.25, 0.3) is 5.91 Å². The first-order valence-corrected chi connectivity index (χ1v) is 7.95. The quantitative estimate of drug-likeness (QED) is 0.845. The number of carboxylic acids is 1. The van der Waals surface area contributed by atoms with Crippen molar-refractivity contribution >= 4 is 23.2 Å². The van der Waals surface area contributed by atoms with Crippen LogP contribution >= 0.6 is 11.3 Å². The molecule has 116 valence electrons. The van der Waals surface area contributed by atoms with Gasteiger partial charge in [-0.15, -0.1) is 11.3 Å². The molecule has 1 aliphatic rings. The summed E-state index contributed by atoms with van der Waals surface area (Å²) in [6.45, 7) is 1.86. The smallest absolute Gasteiger partial charge is 0.305 e. The van der Waals surface area contributed by atoms with Crippen LogP contribution in [-0.4, -0.2) is 36.2 Å². The van der Waals surface area contributed by atoms with Crippen LogP contribution in [0.3, 0.4) is 0 Å². The number of amides is 1. The standard InChI is InChI=1S/C15H21NO4S/c1-15(9-20-2,7-13(17)18)16-14(19)11-8-21-12-6-4-3-5-10(11)12/h8H,3-7,9H2,1-2H3,(H,16,19)(H,17,18). The molecule has 0 radical (unpaired) electrons. The minimum atomic E-state index is -0.956. The van der Waals surface area contributed by atoms with Crippen molar-refractivity contribution in [2.24, 2.45) is 0 Å². The summed E-state index contributed by atoms with van der Waals surface area (Å²) < 4.78 is 5.06. The van der Waals surface area contributed by atoms with Crippen molar-refractivity contribution in [3.8, 4) is 0 Å². The molecule has 0 fully saturated rings. The van der Waals surface area contributed by atoms with E-state index in [0.717, 1.165) is 24.8 Å². The van der Waals surface area contributed by atoms with Crippen molar-refractivity contribution in [3.05, 3.63) is 21.4 Å². The third-order valence-corrected chi connectivity index (χ3v) is 4.81. The maximum Gasteiger partial charge on any atom is 0.305 e. The van der Waals surface area contributed by atoms with Crippen LogP contribution in [0.5, 0.6) is 0 Å². The number of hydrogen-bond acceptors (Lipinski definition) is 4. The highest BCUT2D eigenvalue weighted by Gasteiger charge is 2.31. The van der Waals surface area contributed by atoms with Crippen molar-refractivity contribution in [3.63, 3.8) is 0 Å². The van der Waals surface area contributed by atoms with E-state index < -0.39 is 11.5 Å². The molecular formula is C15H21NO4S. The summed E-state index contributed by atoms with van der Waals surface area (Å²) >= 11 is 1.63. The summed E-state index contributed by atoms with van der Waals surface area (Å²) in [4.78, 5) is 24.8. The highest BCUT2D eigenvalue weighted by atomic mass is 32.1. The molecule has 0 bridgehead atoms. The summed E-state index contributed by atoms with van der Waals surface area (Å²) in [6.07, 6.45) is 4.08. The van der Waals surface area contributed by atoms with Crippen LogP contribution in [0.2, 0.25) is 0 Å². The van der Waals surface area contributed by atoms with Crippen molar-refractivity contribution in [1.29, 1.82) is 0 Å². The van der Waals surface area contributed by atoms with E-state index in [-0.39, 0.29) is 18.9 Å². The fourth-order valence-corrected chi connectivity index (χ4v) is 3.94. The lowest BCUT2D eigenvalue weighted by Crippen LogP contribution is -2.50. The number of thiophene rings is 1. The van der Waals surface area contributed by atoms with Gasteiger partial charge in [0.2, 0.25) is 0 Å². The Kier molecular flexibility index (Phi) is 5.00. The first kappa shape index (κ1) is 16.0. The van der Waals surface area contributed by atoms with Crippen LogP contribution in [0.4, 0.5) is 0 Å². The first-order chi connectivity index (χ1) is 9.95. The van der Waals surface area contributed by atoms with E-state index in [1.807, 2.05) is 5.38 Å². The summed E-state index contributed by atoms with van der Waals surface area (Å²) in [5, 5.41) is 13.7. The zero-order valence-corrected chi connectivity index (χ0v) is 13.2. The molecular weight excluding hydrogens is 290 g/mol. The molecule has 5 nitrogen and oxygen atoms in total. The van der Waals surface area contributed by atoms with Gasteiger partial charge >= 0.3 is 5.97 Å². The number of ether oxygens (including phenoxy) is 1. The molecule has 0 saturated carbocycles. The molecule has 1 aromatic heterocycles. The highest BCUT2D eigenvalue weighted by Crippen LogP contribution is 2.30. The summed E-state index contributed by atoms with van der Waals surface area (Å²) in [6, 6.07) is 0. The van der Waals surface area contributed by atoms with Crippen molar-refractivity contribution in [2.75, 3.05) is 13.7 Å². The molecule has 1 unspecified atom stereocenters. The predicted octanol–water partition coefficient (Wildman–Crippen LogP) is 2.24. The monoisotopic (exact) mass is 311 g/mol. The van der Waals surface area contributed by atoms with Crippen molar-refractivity contribution in [2.45, 2.75) is 44.6 Å². The van der Waals surface area contributed by atoms with Gasteiger partial charge < -0.3 is 15.2 Å². The lowest BCUT2D eigenvalue weighted by Gasteiger charge is -2.28. The average Bonchev–Trinajstić information content (AvgIpc) is 2.81.